The Bertz CT molecular complexity index is 570. The van der Waals surface area contributed by atoms with Gasteiger partial charge in [0.25, 0.3) is 0 Å². The molecule has 0 heterocycles. The number of methoxy groups -OCH3 is 1. The second-order valence-electron chi connectivity index (χ2n) is 4.63. The van der Waals surface area contributed by atoms with E-state index in [4.69, 9.17) is 10.5 Å². The highest BCUT2D eigenvalue weighted by Crippen LogP contribution is 2.21. The van der Waals surface area contributed by atoms with Gasteiger partial charge in [-0.1, -0.05) is 30.3 Å². The lowest BCUT2D eigenvalue weighted by Crippen LogP contribution is -2.19. The second-order valence-corrected chi connectivity index (χ2v) is 4.63. The van der Waals surface area contributed by atoms with E-state index in [2.05, 4.69) is 22.8 Å². The number of amides is 2. The molecule has 2 aromatic carbocycles. The van der Waals surface area contributed by atoms with Crippen molar-refractivity contribution >= 4 is 17.4 Å². The van der Waals surface area contributed by atoms with E-state index in [0.29, 0.717) is 12.3 Å². The third kappa shape index (κ3) is 4.50. The number of nitrogens with one attached hydrogen (secondary N) is 2. The van der Waals surface area contributed by atoms with Crippen molar-refractivity contribution in [3.05, 3.63) is 60.2 Å². The van der Waals surface area contributed by atoms with Gasteiger partial charge in [0.1, 0.15) is 0 Å². The third-order valence-electron chi connectivity index (χ3n) is 3.03. The van der Waals surface area contributed by atoms with Crippen molar-refractivity contribution in [1.29, 1.82) is 0 Å². The van der Waals surface area contributed by atoms with Gasteiger partial charge in [-0.3, -0.25) is 0 Å². The van der Waals surface area contributed by atoms with Crippen molar-refractivity contribution in [1.82, 2.24) is 0 Å². The molecule has 2 rings (SSSR count). The molecule has 21 heavy (non-hydrogen) atoms. The molecule has 5 heteroatoms. The van der Waals surface area contributed by atoms with Crippen molar-refractivity contribution in [2.75, 3.05) is 24.4 Å². The van der Waals surface area contributed by atoms with Gasteiger partial charge >= 0.3 is 6.03 Å². The summed E-state index contributed by atoms with van der Waals surface area (Å²) in [6.45, 7) is 0.561. The van der Waals surface area contributed by atoms with Crippen LogP contribution in [0.4, 0.5) is 16.2 Å². The molecule has 0 saturated heterocycles. The van der Waals surface area contributed by atoms with Gasteiger partial charge in [0.2, 0.25) is 0 Å². The van der Waals surface area contributed by atoms with Crippen molar-refractivity contribution in [3.63, 3.8) is 0 Å². The van der Waals surface area contributed by atoms with Crippen LogP contribution in [0.25, 0.3) is 0 Å². The number of urea groups is 1. The number of nitrogens with two attached hydrogens (primary N) is 1. The number of carbonyl (C=O) groups is 1. The van der Waals surface area contributed by atoms with Crippen LogP contribution < -0.4 is 16.4 Å². The van der Waals surface area contributed by atoms with E-state index in [1.165, 1.54) is 0 Å². The molecule has 1 unspecified atom stereocenters. The standard InChI is InChI=1S/C16H19N3O2/c1-21-11-15(12-5-3-2-4-6-12)18-13-7-9-14(10-8-13)19-16(17)20/h2-10,15,18H,11H2,1H3,(H3,17,19,20). The maximum absolute atomic E-state index is 10.8. The van der Waals surface area contributed by atoms with Gasteiger partial charge in [0.15, 0.2) is 0 Å². The van der Waals surface area contributed by atoms with Crippen LogP contribution in [-0.4, -0.2) is 19.7 Å². The molecule has 0 aliphatic rings. The minimum Gasteiger partial charge on any atom is -0.382 e. The first-order chi connectivity index (χ1) is 10.2. The minimum atomic E-state index is -0.572. The molecule has 110 valence electrons. The van der Waals surface area contributed by atoms with E-state index in [1.54, 1.807) is 19.2 Å². The molecule has 0 saturated carbocycles. The molecule has 5 nitrogen and oxygen atoms in total. The number of benzene rings is 2. The Labute approximate surface area is 124 Å². The molecule has 4 N–H and O–H groups in total. The summed E-state index contributed by atoms with van der Waals surface area (Å²) in [6, 6.07) is 16.9. The fraction of sp³-hybridized carbons (Fsp3) is 0.188. The molecule has 2 amide bonds. The van der Waals surface area contributed by atoms with Crippen LogP contribution in [0.15, 0.2) is 54.6 Å². The molecule has 0 aliphatic carbocycles. The summed E-state index contributed by atoms with van der Waals surface area (Å²) in [6.07, 6.45) is 0. The first kappa shape index (κ1) is 14.9. The monoisotopic (exact) mass is 285 g/mol. The highest BCUT2D eigenvalue weighted by Gasteiger charge is 2.10. The topological polar surface area (TPSA) is 76.4 Å². The zero-order valence-corrected chi connectivity index (χ0v) is 11.9. The predicted molar refractivity (Wildman–Crippen MR) is 84.3 cm³/mol. The van der Waals surface area contributed by atoms with Crippen molar-refractivity contribution in [3.8, 4) is 0 Å². The fourth-order valence-electron chi connectivity index (χ4n) is 2.07. The smallest absolute Gasteiger partial charge is 0.316 e. The van der Waals surface area contributed by atoms with Gasteiger partial charge in [-0.05, 0) is 29.8 Å². The van der Waals surface area contributed by atoms with E-state index in [1.807, 2.05) is 30.3 Å². The average Bonchev–Trinajstić information content (AvgIpc) is 2.49. The van der Waals surface area contributed by atoms with Gasteiger partial charge in [-0.25, -0.2) is 4.79 Å². The predicted octanol–water partition coefficient (Wildman–Crippen LogP) is 2.98. The summed E-state index contributed by atoms with van der Waals surface area (Å²) in [5.41, 5.74) is 7.83. The summed E-state index contributed by atoms with van der Waals surface area (Å²) in [5.74, 6) is 0. The Balaban J connectivity index is 2.08. The zero-order chi connectivity index (χ0) is 15.1. The number of carbonyl (C=O) groups excluding carboxylic acids is 1. The van der Waals surface area contributed by atoms with Gasteiger partial charge in [0, 0.05) is 18.5 Å². The highest BCUT2D eigenvalue weighted by atomic mass is 16.5. The van der Waals surface area contributed by atoms with Crippen LogP contribution in [0.3, 0.4) is 0 Å². The van der Waals surface area contributed by atoms with E-state index < -0.39 is 6.03 Å². The van der Waals surface area contributed by atoms with Crippen molar-refractivity contribution < 1.29 is 9.53 Å². The zero-order valence-electron chi connectivity index (χ0n) is 11.9. The number of hydrogen-bond donors (Lipinski definition) is 3. The second kappa shape index (κ2) is 7.31. The first-order valence-electron chi connectivity index (χ1n) is 6.66. The Kier molecular flexibility index (Phi) is 5.17. The number of primary amides is 1. The number of anilines is 2. The fourth-order valence-corrected chi connectivity index (χ4v) is 2.07. The quantitative estimate of drug-likeness (QED) is 0.763. The van der Waals surface area contributed by atoms with Gasteiger partial charge in [0.05, 0.1) is 12.6 Å². The van der Waals surface area contributed by atoms with Crippen molar-refractivity contribution in [2.24, 2.45) is 5.73 Å². The van der Waals surface area contributed by atoms with E-state index in [-0.39, 0.29) is 6.04 Å². The summed E-state index contributed by atoms with van der Waals surface area (Å²) < 4.78 is 5.27. The lowest BCUT2D eigenvalue weighted by molar-refractivity contribution is 0.186. The maximum Gasteiger partial charge on any atom is 0.316 e. The maximum atomic E-state index is 10.8. The largest absolute Gasteiger partial charge is 0.382 e. The summed E-state index contributed by atoms with van der Waals surface area (Å²) in [7, 11) is 1.68. The highest BCUT2D eigenvalue weighted by molar-refractivity contribution is 5.87. The van der Waals surface area contributed by atoms with Crippen LogP contribution in [0, 0.1) is 0 Å². The molecule has 0 bridgehead atoms. The third-order valence-corrected chi connectivity index (χ3v) is 3.03. The number of hydrogen-bond acceptors (Lipinski definition) is 3. The normalized spacial score (nSPS) is 11.7. The van der Waals surface area contributed by atoms with Crippen molar-refractivity contribution in [2.45, 2.75) is 6.04 Å². The summed E-state index contributed by atoms with van der Waals surface area (Å²) >= 11 is 0. The number of rotatable bonds is 6. The lowest BCUT2D eigenvalue weighted by atomic mass is 10.1. The van der Waals surface area contributed by atoms with Crippen LogP contribution >= 0.6 is 0 Å². The van der Waals surface area contributed by atoms with Gasteiger partial charge in [-0.2, -0.15) is 0 Å². The van der Waals surface area contributed by atoms with Crippen LogP contribution in [0.1, 0.15) is 11.6 Å². The lowest BCUT2D eigenvalue weighted by Gasteiger charge is -2.20. The molecule has 0 fully saturated rings. The first-order valence-corrected chi connectivity index (χ1v) is 6.66. The van der Waals surface area contributed by atoms with Gasteiger partial charge < -0.3 is 21.1 Å². The minimum absolute atomic E-state index is 0.0612. The Morgan fingerprint density at radius 2 is 1.71 bits per heavy atom. The van der Waals surface area contributed by atoms with E-state index in [0.717, 1.165) is 11.3 Å². The molecule has 1 atom stereocenters. The Hall–Kier alpha value is -2.53. The molecule has 2 aromatic rings. The number of ether oxygens (including phenoxy) is 1. The van der Waals surface area contributed by atoms with Crippen LogP contribution in [-0.2, 0) is 4.74 Å². The molecule has 0 aromatic heterocycles. The van der Waals surface area contributed by atoms with Crippen LogP contribution in [0.2, 0.25) is 0 Å². The molecule has 0 spiro atoms. The van der Waals surface area contributed by atoms with E-state index >= 15 is 0 Å². The SMILES string of the molecule is COCC(Nc1ccc(NC(N)=O)cc1)c1ccccc1. The Morgan fingerprint density at radius 1 is 1.10 bits per heavy atom. The summed E-state index contributed by atoms with van der Waals surface area (Å²) in [4.78, 5) is 10.8. The van der Waals surface area contributed by atoms with Crippen LogP contribution in [0.5, 0.6) is 0 Å². The average molecular weight is 285 g/mol. The van der Waals surface area contributed by atoms with Gasteiger partial charge in [-0.15, -0.1) is 0 Å². The molecular weight excluding hydrogens is 266 g/mol. The Morgan fingerprint density at radius 3 is 2.29 bits per heavy atom. The van der Waals surface area contributed by atoms with E-state index in [9.17, 15) is 4.79 Å². The summed E-state index contributed by atoms with van der Waals surface area (Å²) in [5, 5.41) is 5.94. The molecular formula is C16H19N3O2. The molecule has 0 radical (unpaired) electrons. The molecule has 0 aliphatic heterocycles.